The number of carbonyl (C=O) groups is 1. The minimum absolute atomic E-state index is 0.219. The fourth-order valence-electron chi connectivity index (χ4n) is 1.36. The Morgan fingerprint density at radius 2 is 2.11 bits per heavy atom. The Kier molecular flexibility index (Phi) is 4.28. The summed E-state index contributed by atoms with van der Waals surface area (Å²) in [5.41, 5.74) is 0.813. The van der Waals surface area contributed by atoms with Gasteiger partial charge in [-0.1, -0.05) is 15.9 Å². The number of carboxylic acid groups (broad SMARTS) is 1. The lowest BCUT2D eigenvalue weighted by atomic mass is 10.2. The maximum absolute atomic E-state index is 10.6. The van der Waals surface area contributed by atoms with E-state index in [0.29, 0.717) is 11.8 Å². The van der Waals surface area contributed by atoms with Crippen molar-refractivity contribution < 1.29 is 14.3 Å². The van der Waals surface area contributed by atoms with Crippen LogP contribution in [-0.2, 0) is 11.3 Å². The van der Waals surface area contributed by atoms with E-state index in [1.165, 1.54) is 0 Å². The summed E-state index contributed by atoms with van der Waals surface area (Å²) in [6, 6.07) is 6.81. The van der Waals surface area contributed by atoms with Gasteiger partial charge in [-0.25, -0.2) is 0 Å². The molecule has 1 aromatic carbocycles. The van der Waals surface area contributed by atoms with Crippen LogP contribution in [-0.4, -0.2) is 27.3 Å². The van der Waals surface area contributed by atoms with Crippen molar-refractivity contribution >= 4 is 21.9 Å². The molecule has 0 amide bonds. The normalized spacial score (nSPS) is 12.3. The van der Waals surface area contributed by atoms with E-state index in [0.717, 1.165) is 10.0 Å². The smallest absolute Gasteiger partial charge is 0.320 e. The highest BCUT2D eigenvalue weighted by molar-refractivity contribution is 9.10. The molecule has 2 rings (SSSR count). The zero-order valence-electron chi connectivity index (χ0n) is 10.1. The van der Waals surface area contributed by atoms with E-state index in [9.17, 15) is 4.79 Å². The third-order valence-corrected chi connectivity index (χ3v) is 3.02. The number of hydrogen-bond donors (Lipinski definition) is 2. The molecule has 0 unspecified atom stereocenters. The van der Waals surface area contributed by atoms with Gasteiger partial charge in [-0.2, -0.15) is 0 Å². The van der Waals surface area contributed by atoms with Gasteiger partial charge < -0.3 is 9.52 Å². The zero-order chi connectivity index (χ0) is 13.8. The summed E-state index contributed by atoms with van der Waals surface area (Å²) in [6.45, 7) is 1.77. The summed E-state index contributed by atoms with van der Waals surface area (Å²) in [4.78, 5) is 10.6. The van der Waals surface area contributed by atoms with Crippen LogP contribution in [0.3, 0.4) is 0 Å². The van der Waals surface area contributed by atoms with Gasteiger partial charge in [0, 0.05) is 10.0 Å². The lowest BCUT2D eigenvalue weighted by molar-refractivity contribution is -0.139. The van der Waals surface area contributed by atoms with E-state index in [-0.39, 0.29) is 6.54 Å². The monoisotopic (exact) mass is 325 g/mol. The van der Waals surface area contributed by atoms with Crippen LogP contribution in [0.4, 0.5) is 0 Å². The van der Waals surface area contributed by atoms with Crippen LogP contribution >= 0.6 is 15.9 Å². The van der Waals surface area contributed by atoms with Gasteiger partial charge in [0.05, 0.1) is 6.54 Å². The molecule has 1 heterocycles. The van der Waals surface area contributed by atoms with E-state index in [4.69, 9.17) is 9.52 Å². The summed E-state index contributed by atoms with van der Waals surface area (Å²) in [7, 11) is 0. The first-order valence-corrected chi connectivity index (χ1v) is 6.40. The second kappa shape index (κ2) is 5.94. The molecule has 0 aliphatic carbocycles. The summed E-state index contributed by atoms with van der Waals surface area (Å²) >= 11 is 3.35. The Bertz CT molecular complexity index is 568. The van der Waals surface area contributed by atoms with Crippen LogP contribution in [0.2, 0.25) is 0 Å². The minimum atomic E-state index is -0.923. The van der Waals surface area contributed by atoms with E-state index < -0.39 is 12.0 Å². The number of rotatable bonds is 5. The summed E-state index contributed by atoms with van der Waals surface area (Å²) in [6.07, 6.45) is 0. The van der Waals surface area contributed by atoms with E-state index >= 15 is 0 Å². The molecule has 2 N–H and O–H groups in total. The van der Waals surface area contributed by atoms with Crippen molar-refractivity contribution in [2.75, 3.05) is 0 Å². The number of carboxylic acids is 1. The van der Waals surface area contributed by atoms with Crippen LogP contribution in [0.1, 0.15) is 12.8 Å². The van der Waals surface area contributed by atoms with Gasteiger partial charge in [0.1, 0.15) is 6.04 Å². The Hall–Kier alpha value is -1.73. The highest BCUT2D eigenvalue weighted by Gasteiger charge is 2.13. The first-order valence-electron chi connectivity index (χ1n) is 5.61. The van der Waals surface area contributed by atoms with Crippen molar-refractivity contribution in [1.29, 1.82) is 0 Å². The lowest BCUT2D eigenvalue weighted by Crippen LogP contribution is -2.33. The molecule has 0 aliphatic rings. The molecule has 0 saturated carbocycles. The molecule has 2 aromatic rings. The highest BCUT2D eigenvalue weighted by Crippen LogP contribution is 2.20. The molecule has 100 valence electrons. The average Bonchev–Trinajstić information content (AvgIpc) is 2.85. The van der Waals surface area contributed by atoms with Gasteiger partial charge in [0.2, 0.25) is 11.8 Å². The molecule has 7 heteroatoms. The number of halogens is 1. The van der Waals surface area contributed by atoms with Crippen molar-refractivity contribution in [2.45, 2.75) is 19.5 Å². The van der Waals surface area contributed by atoms with Gasteiger partial charge >= 0.3 is 5.97 Å². The minimum Gasteiger partial charge on any atom is -0.480 e. The molecule has 0 aliphatic heterocycles. The Labute approximate surface area is 118 Å². The number of benzene rings is 1. The maximum atomic E-state index is 10.6. The Morgan fingerprint density at radius 1 is 1.42 bits per heavy atom. The van der Waals surface area contributed by atoms with Gasteiger partial charge in [0.25, 0.3) is 0 Å². The van der Waals surface area contributed by atoms with Crippen molar-refractivity contribution in [3.8, 4) is 11.5 Å². The SMILES string of the molecule is C[C@@H](NCc1nnc(-c2ccc(Br)cc2)o1)C(=O)O. The number of nitrogens with one attached hydrogen (secondary N) is 1. The summed E-state index contributed by atoms with van der Waals surface area (Å²) < 4.78 is 6.41. The molecule has 1 atom stereocenters. The molecule has 0 bridgehead atoms. The first kappa shape index (κ1) is 13.7. The lowest BCUT2D eigenvalue weighted by Gasteiger charge is -2.05. The van der Waals surface area contributed by atoms with E-state index in [1.807, 2.05) is 24.3 Å². The predicted octanol–water partition coefficient (Wildman–Crippen LogP) is 2.06. The number of nitrogens with zero attached hydrogens (tertiary/aromatic N) is 2. The van der Waals surface area contributed by atoms with Crippen molar-refractivity contribution in [3.63, 3.8) is 0 Å². The van der Waals surface area contributed by atoms with Crippen LogP contribution < -0.4 is 5.32 Å². The molecule has 0 spiro atoms. The predicted molar refractivity (Wildman–Crippen MR) is 71.4 cm³/mol. The first-order chi connectivity index (χ1) is 9.06. The van der Waals surface area contributed by atoms with Gasteiger partial charge in [0.15, 0.2) is 0 Å². The third-order valence-electron chi connectivity index (χ3n) is 2.49. The Balaban J connectivity index is 2.03. The number of hydrogen-bond acceptors (Lipinski definition) is 5. The van der Waals surface area contributed by atoms with Crippen LogP contribution in [0.5, 0.6) is 0 Å². The Morgan fingerprint density at radius 3 is 2.74 bits per heavy atom. The molecule has 19 heavy (non-hydrogen) atoms. The fourth-order valence-corrected chi connectivity index (χ4v) is 1.63. The van der Waals surface area contributed by atoms with Crippen LogP contribution in [0, 0.1) is 0 Å². The second-order valence-corrected chi connectivity index (χ2v) is 4.86. The van der Waals surface area contributed by atoms with Crippen LogP contribution in [0.25, 0.3) is 11.5 Å². The maximum Gasteiger partial charge on any atom is 0.320 e. The van der Waals surface area contributed by atoms with Crippen molar-refractivity contribution in [1.82, 2.24) is 15.5 Å². The molecular weight excluding hydrogens is 314 g/mol. The number of aromatic nitrogens is 2. The summed E-state index contributed by atoms with van der Waals surface area (Å²) in [5, 5.41) is 19.3. The highest BCUT2D eigenvalue weighted by atomic mass is 79.9. The molecular formula is C12H12BrN3O3. The topological polar surface area (TPSA) is 88.3 Å². The van der Waals surface area contributed by atoms with E-state index in [1.54, 1.807) is 6.92 Å². The molecule has 0 fully saturated rings. The van der Waals surface area contributed by atoms with Gasteiger partial charge in [-0.3, -0.25) is 10.1 Å². The summed E-state index contributed by atoms with van der Waals surface area (Å²) in [5.74, 6) is -0.161. The fraction of sp³-hybridized carbons (Fsp3) is 0.250. The second-order valence-electron chi connectivity index (χ2n) is 3.95. The largest absolute Gasteiger partial charge is 0.480 e. The van der Waals surface area contributed by atoms with E-state index in [2.05, 4.69) is 31.4 Å². The molecule has 6 nitrogen and oxygen atoms in total. The standard InChI is InChI=1S/C12H12BrN3O3/c1-7(12(17)18)14-6-10-15-16-11(19-10)8-2-4-9(13)5-3-8/h2-5,7,14H,6H2,1H3,(H,17,18)/t7-/m1/s1. The zero-order valence-corrected chi connectivity index (χ0v) is 11.7. The van der Waals surface area contributed by atoms with Crippen molar-refractivity contribution in [2.24, 2.45) is 0 Å². The molecule has 0 saturated heterocycles. The molecule has 0 radical (unpaired) electrons. The van der Waals surface area contributed by atoms with Gasteiger partial charge in [-0.15, -0.1) is 10.2 Å². The average molecular weight is 326 g/mol. The van der Waals surface area contributed by atoms with Crippen molar-refractivity contribution in [3.05, 3.63) is 34.6 Å². The van der Waals surface area contributed by atoms with Gasteiger partial charge in [-0.05, 0) is 31.2 Å². The quantitative estimate of drug-likeness (QED) is 0.874. The number of aliphatic carboxylic acids is 1. The third kappa shape index (κ3) is 3.62. The molecule has 1 aromatic heterocycles. The van der Waals surface area contributed by atoms with Crippen LogP contribution in [0.15, 0.2) is 33.2 Å².